The quantitative estimate of drug-likeness (QED) is 0.497. The van der Waals surface area contributed by atoms with E-state index in [1.165, 1.54) is 21.5 Å². The Morgan fingerprint density at radius 3 is 1.96 bits per heavy atom. The zero-order valence-corrected chi connectivity index (χ0v) is 15.6. The van der Waals surface area contributed by atoms with Crippen LogP contribution in [0.3, 0.4) is 0 Å². The highest BCUT2D eigenvalue weighted by Gasteiger charge is 2.16. The van der Waals surface area contributed by atoms with E-state index in [0.717, 1.165) is 17.7 Å². The largest absolute Gasteiger partial charge is 0.361 e. The molecule has 0 unspecified atom stereocenters. The molecule has 0 aliphatic carbocycles. The molecule has 0 saturated heterocycles. The molecule has 4 aromatic rings. The Kier molecular flexibility index (Phi) is 4.95. The van der Waals surface area contributed by atoms with E-state index in [4.69, 9.17) is 4.52 Å². The van der Waals surface area contributed by atoms with Crippen LogP contribution in [0.1, 0.15) is 16.9 Å². The Labute approximate surface area is 155 Å². The van der Waals surface area contributed by atoms with E-state index in [9.17, 15) is 0 Å². The molecule has 0 radical (unpaired) electrons. The van der Waals surface area contributed by atoms with Gasteiger partial charge in [-0.2, -0.15) is 0 Å². The first kappa shape index (κ1) is 16.8. The van der Waals surface area contributed by atoms with Gasteiger partial charge < -0.3 is 4.52 Å². The highest BCUT2D eigenvalue weighted by molar-refractivity contribution is 7.79. The number of aromatic nitrogens is 1. The van der Waals surface area contributed by atoms with Crippen molar-refractivity contribution < 1.29 is 4.52 Å². The van der Waals surface area contributed by atoms with Gasteiger partial charge in [0.1, 0.15) is 5.76 Å². The molecule has 3 aromatic carbocycles. The second-order valence-corrected chi connectivity index (χ2v) is 8.48. The summed E-state index contributed by atoms with van der Waals surface area (Å²) in [6.07, 6.45) is 2.66. The van der Waals surface area contributed by atoms with Crippen molar-refractivity contribution in [3.05, 3.63) is 108 Å². The third kappa shape index (κ3) is 3.61. The van der Waals surface area contributed by atoms with Crippen molar-refractivity contribution >= 4 is 23.8 Å². The van der Waals surface area contributed by atoms with Gasteiger partial charge in [-0.3, -0.25) is 0 Å². The predicted octanol–water partition coefficient (Wildman–Crippen LogP) is 4.33. The maximum Gasteiger partial charge on any atom is 0.137 e. The van der Waals surface area contributed by atoms with Crippen LogP contribution < -0.4 is 15.9 Å². The lowest BCUT2D eigenvalue weighted by atomic mass is 10.1. The van der Waals surface area contributed by atoms with Crippen molar-refractivity contribution in [2.45, 2.75) is 13.3 Å². The molecule has 0 aliphatic rings. The summed E-state index contributed by atoms with van der Waals surface area (Å²) < 4.78 is 5.21. The lowest BCUT2D eigenvalue weighted by molar-refractivity contribution is 0.396. The fourth-order valence-electron chi connectivity index (χ4n) is 3.12. The summed E-state index contributed by atoms with van der Waals surface area (Å²) in [6.45, 7) is 1.97. The Morgan fingerprint density at radius 2 is 1.38 bits per heavy atom. The van der Waals surface area contributed by atoms with E-state index >= 15 is 0 Å². The normalized spacial score (nSPS) is 11.0. The molecule has 1 heterocycles. The minimum Gasteiger partial charge on any atom is -0.361 e. The van der Waals surface area contributed by atoms with Gasteiger partial charge in [-0.1, -0.05) is 90.1 Å². The molecule has 0 spiro atoms. The summed E-state index contributed by atoms with van der Waals surface area (Å²) >= 11 is 0. The van der Waals surface area contributed by atoms with E-state index in [2.05, 4.69) is 90.1 Å². The second kappa shape index (κ2) is 7.68. The van der Waals surface area contributed by atoms with Gasteiger partial charge in [0.15, 0.2) is 0 Å². The Bertz CT molecular complexity index is 940. The molecule has 0 fully saturated rings. The molecular weight excluding hydrogens is 337 g/mol. The average molecular weight is 357 g/mol. The monoisotopic (exact) mass is 357 g/mol. The third-order valence-electron chi connectivity index (χ3n) is 4.44. The van der Waals surface area contributed by atoms with E-state index in [1.807, 2.05) is 13.1 Å². The summed E-state index contributed by atoms with van der Waals surface area (Å²) in [4.78, 5) is 0. The van der Waals surface area contributed by atoms with Gasteiger partial charge in [0.05, 0.1) is 6.20 Å². The molecule has 128 valence electrons. The number of rotatable bonds is 5. The van der Waals surface area contributed by atoms with E-state index < -0.39 is 7.92 Å². The molecule has 0 amide bonds. The van der Waals surface area contributed by atoms with Crippen LogP contribution >= 0.6 is 7.92 Å². The van der Waals surface area contributed by atoms with Crippen molar-refractivity contribution in [3.63, 3.8) is 0 Å². The van der Waals surface area contributed by atoms with Gasteiger partial charge in [0.25, 0.3) is 0 Å². The standard InChI is InChI=1S/C23H20NOP/c1-18-20(17-24-25-18)15-19-9-8-14-23(16-19)26(21-10-4-2-5-11-21)22-12-6-3-7-13-22/h2-14,16-17H,15H2,1H3. The third-order valence-corrected chi connectivity index (χ3v) is 6.87. The molecule has 0 aliphatic heterocycles. The summed E-state index contributed by atoms with van der Waals surface area (Å²) in [7, 11) is -0.572. The first-order valence-electron chi connectivity index (χ1n) is 8.70. The Balaban J connectivity index is 1.75. The van der Waals surface area contributed by atoms with E-state index in [-0.39, 0.29) is 0 Å². The van der Waals surface area contributed by atoms with Crippen molar-refractivity contribution in [1.82, 2.24) is 5.16 Å². The van der Waals surface area contributed by atoms with Gasteiger partial charge in [0, 0.05) is 12.0 Å². The zero-order chi connectivity index (χ0) is 17.8. The van der Waals surface area contributed by atoms with Crippen LogP contribution in [0.5, 0.6) is 0 Å². The number of hydrogen-bond donors (Lipinski definition) is 0. The average Bonchev–Trinajstić information content (AvgIpc) is 3.09. The molecule has 0 bridgehead atoms. The van der Waals surface area contributed by atoms with Gasteiger partial charge in [-0.15, -0.1) is 0 Å². The predicted molar refractivity (Wildman–Crippen MR) is 109 cm³/mol. The van der Waals surface area contributed by atoms with Gasteiger partial charge in [0.2, 0.25) is 0 Å². The van der Waals surface area contributed by atoms with Crippen molar-refractivity contribution in [2.24, 2.45) is 0 Å². The fraction of sp³-hybridized carbons (Fsp3) is 0.0870. The summed E-state index contributed by atoms with van der Waals surface area (Å²) in [5, 5.41) is 8.00. The number of benzene rings is 3. The first-order valence-corrected chi connectivity index (χ1v) is 10.0. The molecule has 0 atom stereocenters. The number of hydrogen-bond acceptors (Lipinski definition) is 2. The van der Waals surface area contributed by atoms with Crippen LogP contribution in [-0.2, 0) is 6.42 Å². The lowest BCUT2D eigenvalue weighted by Gasteiger charge is -2.20. The van der Waals surface area contributed by atoms with Crippen LogP contribution in [0.4, 0.5) is 0 Å². The van der Waals surface area contributed by atoms with Gasteiger partial charge in [-0.05, 0) is 36.3 Å². The molecule has 4 rings (SSSR count). The molecule has 0 saturated carbocycles. The maximum absolute atomic E-state index is 5.21. The molecule has 0 N–H and O–H groups in total. The lowest BCUT2D eigenvalue weighted by Crippen LogP contribution is -2.20. The molecule has 2 nitrogen and oxygen atoms in total. The van der Waals surface area contributed by atoms with Crippen molar-refractivity contribution in [1.29, 1.82) is 0 Å². The van der Waals surface area contributed by atoms with Crippen LogP contribution in [0.25, 0.3) is 0 Å². The first-order chi connectivity index (χ1) is 12.8. The Hall–Kier alpha value is -2.70. The molecule has 26 heavy (non-hydrogen) atoms. The smallest absolute Gasteiger partial charge is 0.137 e. The number of nitrogens with zero attached hydrogens (tertiary/aromatic N) is 1. The maximum atomic E-state index is 5.21. The topological polar surface area (TPSA) is 26.0 Å². The van der Waals surface area contributed by atoms with Crippen molar-refractivity contribution in [3.8, 4) is 0 Å². The van der Waals surface area contributed by atoms with Gasteiger partial charge in [-0.25, -0.2) is 0 Å². The van der Waals surface area contributed by atoms with Crippen LogP contribution in [0.15, 0.2) is 95.6 Å². The summed E-state index contributed by atoms with van der Waals surface area (Å²) in [6, 6.07) is 30.5. The SMILES string of the molecule is Cc1oncc1Cc1cccc(P(c2ccccc2)c2ccccc2)c1. The van der Waals surface area contributed by atoms with Crippen LogP contribution in [0.2, 0.25) is 0 Å². The highest BCUT2D eigenvalue weighted by Crippen LogP contribution is 2.33. The molecule has 1 aromatic heterocycles. The number of aryl methyl sites for hydroxylation is 1. The molecular formula is C23H20NOP. The summed E-state index contributed by atoms with van der Waals surface area (Å²) in [5.41, 5.74) is 2.43. The second-order valence-electron chi connectivity index (χ2n) is 6.26. The van der Waals surface area contributed by atoms with Crippen molar-refractivity contribution in [2.75, 3.05) is 0 Å². The van der Waals surface area contributed by atoms with E-state index in [0.29, 0.717) is 0 Å². The Morgan fingerprint density at radius 1 is 0.769 bits per heavy atom. The summed E-state index contributed by atoms with van der Waals surface area (Å²) in [5.74, 6) is 0.892. The highest BCUT2D eigenvalue weighted by atomic mass is 31.1. The fourth-order valence-corrected chi connectivity index (χ4v) is 5.48. The minimum atomic E-state index is -0.572. The van der Waals surface area contributed by atoms with Crippen LogP contribution in [-0.4, -0.2) is 5.16 Å². The minimum absolute atomic E-state index is 0.572. The van der Waals surface area contributed by atoms with E-state index in [1.54, 1.807) is 0 Å². The van der Waals surface area contributed by atoms with Crippen LogP contribution in [0, 0.1) is 6.92 Å². The van der Waals surface area contributed by atoms with Gasteiger partial charge >= 0.3 is 0 Å². The molecule has 3 heteroatoms. The zero-order valence-electron chi connectivity index (χ0n) is 14.7.